The van der Waals surface area contributed by atoms with Gasteiger partial charge in [-0.15, -0.1) is 0 Å². The van der Waals surface area contributed by atoms with Crippen LogP contribution in [0, 0.1) is 6.92 Å². The Morgan fingerprint density at radius 2 is 2.15 bits per heavy atom. The van der Waals surface area contributed by atoms with E-state index in [1.54, 1.807) is 32.2 Å². The Bertz CT molecular complexity index is 926. The highest BCUT2D eigenvalue weighted by Gasteiger charge is 2.44. The molecule has 0 saturated carbocycles. The fourth-order valence-corrected chi connectivity index (χ4v) is 5.25. The molecule has 1 fully saturated rings. The van der Waals surface area contributed by atoms with Gasteiger partial charge in [-0.05, 0) is 37.6 Å². The van der Waals surface area contributed by atoms with Crippen LogP contribution in [-0.2, 0) is 21.2 Å². The molecule has 2 aliphatic rings. The first kappa shape index (κ1) is 17.4. The molecule has 3 atom stereocenters. The van der Waals surface area contributed by atoms with Crippen LogP contribution >= 0.6 is 0 Å². The van der Waals surface area contributed by atoms with Crippen molar-refractivity contribution in [2.45, 2.75) is 49.8 Å². The summed E-state index contributed by atoms with van der Waals surface area (Å²) < 4.78 is 44.3. The zero-order chi connectivity index (χ0) is 18.5. The number of hydrogen-bond donors (Lipinski definition) is 0. The number of benzene rings is 1. The number of nitrogens with zero attached hydrogens (tertiary/aromatic N) is 3. The summed E-state index contributed by atoms with van der Waals surface area (Å²) in [6.45, 7) is 3.91. The first-order valence-electron chi connectivity index (χ1n) is 8.53. The summed E-state index contributed by atoms with van der Waals surface area (Å²) in [7, 11) is -2.16. The van der Waals surface area contributed by atoms with Crippen molar-refractivity contribution in [1.82, 2.24) is 14.4 Å². The Morgan fingerprint density at radius 3 is 2.85 bits per heavy atom. The number of aryl methyl sites for hydroxylation is 1. The lowest BCUT2D eigenvalue weighted by atomic mass is 10.1. The standard InChI is InChI=1S/C17H21N3O5S/c1-10-6-12-7-14(4-5-16(12)24-10)26(21,22)20-9-13(23-3)8-15(20)17-18-11(2)19-25-17/h4-5,7,10,13,15H,6,8-9H2,1-3H3/t10-,13-,15+/m0/s1. The molecular weight excluding hydrogens is 358 g/mol. The molecule has 1 aromatic heterocycles. The van der Waals surface area contributed by atoms with Gasteiger partial charge >= 0.3 is 0 Å². The van der Waals surface area contributed by atoms with Crippen molar-refractivity contribution in [3.63, 3.8) is 0 Å². The summed E-state index contributed by atoms with van der Waals surface area (Å²) >= 11 is 0. The molecule has 8 nitrogen and oxygen atoms in total. The topological polar surface area (TPSA) is 94.8 Å². The van der Waals surface area contributed by atoms with Gasteiger partial charge < -0.3 is 14.0 Å². The van der Waals surface area contributed by atoms with Crippen LogP contribution in [0.5, 0.6) is 5.75 Å². The number of rotatable bonds is 4. The number of hydrogen-bond acceptors (Lipinski definition) is 7. The number of ether oxygens (including phenoxy) is 2. The summed E-state index contributed by atoms with van der Waals surface area (Å²) in [4.78, 5) is 4.47. The quantitative estimate of drug-likeness (QED) is 0.800. The van der Waals surface area contributed by atoms with E-state index in [0.29, 0.717) is 24.6 Å². The highest BCUT2D eigenvalue weighted by molar-refractivity contribution is 7.89. The van der Waals surface area contributed by atoms with Crippen LogP contribution in [0.2, 0.25) is 0 Å². The van der Waals surface area contributed by atoms with Gasteiger partial charge in [-0.1, -0.05) is 5.16 Å². The number of fused-ring (bicyclic) bond motifs is 1. The first-order chi connectivity index (χ1) is 12.4. The average Bonchev–Trinajstić information content (AvgIpc) is 3.30. The zero-order valence-corrected chi connectivity index (χ0v) is 15.7. The minimum absolute atomic E-state index is 0.0572. The molecule has 0 amide bonds. The first-order valence-corrected chi connectivity index (χ1v) is 9.97. The van der Waals surface area contributed by atoms with Crippen LogP contribution in [0.1, 0.15) is 36.7 Å². The van der Waals surface area contributed by atoms with Crippen LogP contribution < -0.4 is 4.74 Å². The maximum atomic E-state index is 13.3. The van der Waals surface area contributed by atoms with E-state index in [9.17, 15) is 8.42 Å². The second kappa shape index (κ2) is 6.33. The van der Waals surface area contributed by atoms with Gasteiger partial charge in [-0.2, -0.15) is 9.29 Å². The van der Waals surface area contributed by atoms with Gasteiger partial charge in [-0.3, -0.25) is 0 Å². The Balaban J connectivity index is 1.70. The molecule has 0 spiro atoms. The molecule has 0 unspecified atom stereocenters. The molecule has 9 heteroatoms. The summed E-state index contributed by atoms with van der Waals surface area (Å²) in [5.74, 6) is 1.52. The van der Waals surface area contributed by atoms with Crippen LogP contribution in [0.4, 0.5) is 0 Å². The molecule has 4 rings (SSSR count). The SMILES string of the molecule is CO[C@H]1C[C@H](c2nc(C)no2)N(S(=O)(=O)c2ccc3c(c2)C[C@H](C)O3)C1. The number of sulfonamides is 1. The molecule has 0 N–H and O–H groups in total. The van der Waals surface area contributed by atoms with E-state index >= 15 is 0 Å². The lowest BCUT2D eigenvalue weighted by molar-refractivity contribution is 0.114. The Kier molecular flexibility index (Phi) is 4.25. The predicted octanol–water partition coefficient (Wildman–Crippen LogP) is 1.85. The molecule has 1 saturated heterocycles. The van der Waals surface area contributed by atoms with Crippen molar-refractivity contribution in [3.05, 3.63) is 35.5 Å². The van der Waals surface area contributed by atoms with E-state index < -0.39 is 16.1 Å². The summed E-state index contributed by atoms with van der Waals surface area (Å²) in [5.41, 5.74) is 0.909. The smallest absolute Gasteiger partial charge is 0.245 e. The van der Waals surface area contributed by atoms with E-state index in [1.165, 1.54) is 4.31 Å². The van der Waals surface area contributed by atoms with Gasteiger partial charge in [0.05, 0.1) is 11.0 Å². The maximum absolute atomic E-state index is 13.3. The van der Waals surface area contributed by atoms with E-state index in [1.807, 2.05) is 6.92 Å². The summed E-state index contributed by atoms with van der Waals surface area (Å²) in [6, 6.07) is 4.48. The molecule has 0 radical (unpaired) electrons. The largest absolute Gasteiger partial charge is 0.490 e. The Hall–Kier alpha value is -1.97. The monoisotopic (exact) mass is 379 g/mol. The molecule has 1 aromatic carbocycles. The van der Waals surface area contributed by atoms with Crippen LogP contribution in [-0.4, -0.2) is 48.7 Å². The minimum Gasteiger partial charge on any atom is -0.490 e. The number of aromatic nitrogens is 2. The van der Waals surface area contributed by atoms with Crippen molar-refractivity contribution in [1.29, 1.82) is 0 Å². The fraction of sp³-hybridized carbons (Fsp3) is 0.529. The molecule has 2 aromatic rings. The third-order valence-electron chi connectivity index (χ3n) is 4.85. The van der Waals surface area contributed by atoms with Gasteiger partial charge in [0.2, 0.25) is 15.9 Å². The van der Waals surface area contributed by atoms with Gasteiger partial charge in [-0.25, -0.2) is 8.42 Å². The molecule has 0 aliphatic carbocycles. The number of methoxy groups -OCH3 is 1. The van der Waals surface area contributed by atoms with Crippen molar-refractivity contribution < 1.29 is 22.4 Å². The van der Waals surface area contributed by atoms with Crippen LogP contribution in [0.3, 0.4) is 0 Å². The molecule has 2 aliphatic heterocycles. The van der Waals surface area contributed by atoms with Crippen molar-refractivity contribution in [3.8, 4) is 5.75 Å². The van der Waals surface area contributed by atoms with E-state index in [4.69, 9.17) is 14.0 Å². The average molecular weight is 379 g/mol. The summed E-state index contributed by atoms with van der Waals surface area (Å²) in [6.07, 6.45) is 1.01. The van der Waals surface area contributed by atoms with Gasteiger partial charge in [0.25, 0.3) is 0 Å². The van der Waals surface area contributed by atoms with Crippen molar-refractivity contribution in [2.24, 2.45) is 0 Å². The zero-order valence-electron chi connectivity index (χ0n) is 14.9. The third kappa shape index (κ3) is 2.89. The lowest BCUT2D eigenvalue weighted by Crippen LogP contribution is -2.32. The highest BCUT2D eigenvalue weighted by Crippen LogP contribution is 2.38. The Morgan fingerprint density at radius 1 is 1.35 bits per heavy atom. The van der Waals surface area contributed by atoms with Crippen LogP contribution in [0.15, 0.2) is 27.6 Å². The fourth-order valence-electron chi connectivity index (χ4n) is 3.57. The highest BCUT2D eigenvalue weighted by atomic mass is 32.2. The third-order valence-corrected chi connectivity index (χ3v) is 6.72. The Labute approximate surface area is 152 Å². The summed E-state index contributed by atoms with van der Waals surface area (Å²) in [5, 5.41) is 3.79. The van der Waals surface area contributed by atoms with E-state index in [0.717, 1.165) is 11.3 Å². The maximum Gasteiger partial charge on any atom is 0.245 e. The van der Waals surface area contributed by atoms with Crippen molar-refractivity contribution in [2.75, 3.05) is 13.7 Å². The second-order valence-corrected chi connectivity index (χ2v) is 8.66. The molecule has 140 valence electrons. The van der Waals surface area contributed by atoms with E-state index in [2.05, 4.69) is 10.1 Å². The predicted molar refractivity (Wildman–Crippen MR) is 91.3 cm³/mol. The van der Waals surface area contributed by atoms with E-state index in [-0.39, 0.29) is 23.6 Å². The normalized spacial score (nSPS) is 26.0. The molecule has 26 heavy (non-hydrogen) atoms. The lowest BCUT2D eigenvalue weighted by Gasteiger charge is -2.21. The van der Waals surface area contributed by atoms with Crippen molar-refractivity contribution >= 4 is 10.0 Å². The van der Waals surface area contributed by atoms with Crippen LogP contribution in [0.25, 0.3) is 0 Å². The van der Waals surface area contributed by atoms with Gasteiger partial charge in [0, 0.05) is 26.5 Å². The molecule has 0 bridgehead atoms. The van der Waals surface area contributed by atoms with Gasteiger partial charge in [0.15, 0.2) is 5.82 Å². The molecule has 3 heterocycles. The minimum atomic E-state index is -3.74. The second-order valence-electron chi connectivity index (χ2n) is 6.77. The van der Waals surface area contributed by atoms with Gasteiger partial charge in [0.1, 0.15) is 17.9 Å². The molecular formula is C17H21N3O5S.